The van der Waals surface area contributed by atoms with Crippen LogP contribution in [0, 0.1) is 23.1 Å². The van der Waals surface area contributed by atoms with E-state index in [0.717, 1.165) is 5.56 Å². The first-order chi connectivity index (χ1) is 15.8. The molecule has 0 spiro atoms. The van der Waals surface area contributed by atoms with Crippen molar-refractivity contribution in [1.82, 2.24) is 0 Å². The first-order valence-corrected chi connectivity index (χ1v) is 11.3. The van der Waals surface area contributed by atoms with Gasteiger partial charge in [0.25, 0.3) is 0 Å². The van der Waals surface area contributed by atoms with E-state index in [0.29, 0.717) is 11.3 Å². The normalized spacial score (nSPS) is 19.3. The lowest BCUT2D eigenvalue weighted by atomic mass is 10.0. The highest BCUT2D eigenvalue weighted by atomic mass is 35.5. The Morgan fingerprint density at radius 3 is 2.24 bits per heavy atom. The molecule has 1 saturated carbocycles. The molecule has 0 aromatic heterocycles. The van der Waals surface area contributed by atoms with Crippen LogP contribution < -0.4 is 4.74 Å². The van der Waals surface area contributed by atoms with E-state index >= 15 is 0 Å². The summed E-state index contributed by atoms with van der Waals surface area (Å²) in [5.74, 6) is -0.801. The van der Waals surface area contributed by atoms with Gasteiger partial charge < -0.3 is 9.47 Å². The fourth-order valence-electron chi connectivity index (χ4n) is 4.10. The van der Waals surface area contributed by atoms with Crippen LogP contribution in [0.15, 0.2) is 89.4 Å². The number of carbonyl (C=O) groups is 1. The van der Waals surface area contributed by atoms with E-state index in [1.807, 2.05) is 50.2 Å². The lowest BCUT2D eigenvalue weighted by molar-refractivity contribution is -0.150. The molecule has 3 aromatic carbocycles. The van der Waals surface area contributed by atoms with Gasteiger partial charge in [0.2, 0.25) is 0 Å². The summed E-state index contributed by atoms with van der Waals surface area (Å²) in [5.41, 5.74) is 1.05. The largest absolute Gasteiger partial charge is 0.454 e. The summed E-state index contributed by atoms with van der Waals surface area (Å²) < 4.78 is 26.4. The molecular formula is C27H23Cl2FO3. The molecular weight excluding hydrogens is 462 g/mol. The van der Waals surface area contributed by atoms with Crippen molar-refractivity contribution >= 4 is 29.2 Å². The van der Waals surface area contributed by atoms with Crippen LogP contribution in [0.25, 0.3) is 0 Å². The zero-order valence-corrected chi connectivity index (χ0v) is 19.7. The second-order valence-electron chi connectivity index (χ2n) is 8.61. The van der Waals surface area contributed by atoms with E-state index in [2.05, 4.69) is 0 Å². The molecule has 1 aliphatic rings. The second-order valence-corrected chi connectivity index (χ2v) is 9.62. The molecule has 0 saturated heterocycles. The maximum absolute atomic E-state index is 14.5. The second kappa shape index (κ2) is 9.58. The summed E-state index contributed by atoms with van der Waals surface area (Å²) in [5, 5.41) is 0. The molecule has 33 heavy (non-hydrogen) atoms. The Labute approximate surface area is 202 Å². The SMILES string of the molecule is CC1(C)[C@H](C(=O)O[C@H](c2ccccc2)c2ccc(F)c(Oc3ccccc3)c2)[C@@H]1C=C(Cl)Cl. The molecule has 0 unspecified atom stereocenters. The molecule has 1 fully saturated rings. The first-order valence-electron chi connectivity index (χ1n) is 10.6. The van der Waals surface area contributed by atoms with Crippen LogP contribution in [0.4, 0.5) is 4.39 Å². The maximum atomic E-state index is 14.5. The molecule has 0 aliphatic heterocycles. The van der Waals surface area contributed by atoms with Crippen molar-refractivity contribution in [1.29, 1.82) is 0 Å². The monoisotopic (exact) mass is 484 g/mol. The molecule has 0 heterocycles. The smallest absolute Gasteiger partial charge is 0.311 e. The fourth-order valence-corrected chi connectivity index (χ4v) is 4.37. The summed E-state index contributed by atoms with van der Waals surface area (Å²) in [4.78, 5) is 13.2. The molecule has 170 valence electrons. The van der Waals surface area contributed by atoms with Crippen LogP contribution in [-0.4, -0.2) is 5.97 Å². The lowest BCUT2D eigenvalue weighted by Crippen LogP contribution is -2.16. The van der Waals surface area contributed by atoms with Crippen LogP contribution >= 0.6 is 23.2 Å². The third kappa shape index (κ3) is 5.23. The highest BCUT2D eigenvalue weighted by Gasteiger charge is 2.62. The summed E-state index contributed by atoms with van der Waals surface area (Å²) in [6.45, 7) is 3.94. The standard InChI is InChI=1S/C27H23Cl2FO3/c1-27(2)20(16-23(28)29)24(27)26(31)33-25(17-9-5-3-6-10-17)18-13-14-21(30)22(15-18)32-19-11-7-4-8-12-19/h3-16,20,24-25H,1-2H3/t20-,24-,25+/m0/s1. The van der Waals surface area contributed by atoms with E-state index < -0.39 is 11.9 Å². The number of hydrogen-bond donors (Lipinski definition) is 0. The number of benzene rings is 3. The topological polar surface area (TPSA) is 35.5 Å². The molecule has 4 rings (SSSR count). The molecule has 6 heteroatoms. The third-order valence-electron chi connectivity index (χ3n) is 6.04. The van der Waals surface area contributed by atoms with Crippen molar-refractivity contribution in [3.05, 3.63) is 106 Å². The summed E-state index contributed by atoms with van der Waals surface area (Å²) in [6, 6.07) is 22.8. The van der Waals surface area contributed by atoms with Crippen LogP contribution in [0.5, 0.6) is 11.5 Å². The van der Waals surface area contributed by atoms with Crippen molar-refractivity contribution in [2.45, 2.75) is 20.0 Å². The summed E-state index contributed by atoms with van der Waals surface area (Å²) in [7, 11) is 0. The van der Waals surface area contributed by atoms with Gasteiger partial charge in [0.15, 0.2) is 17.7 Å². The van der Waals surface area contributed by atoms with Gasteiger partial charge in [0.1, 0.15) is 10.2 Å². The highest BCUT2D eigenvalue weighted by molar-refractivity contribution is 6.55. The van der Waals surface area contributed by atoms with Crippen molar-refractivity contribution < 1.29 is 18.7 Å². The van der Waals surface area contributed by atoms with E-state index in [4.69, 9.17) is 32.7 Å². The van der Waals surface area contributed by atoms with E-state index in [-0.39, 0.29) is 33.5 Å². The van der Waals surface area contributed by atoms with Gasteiger partial charge in [-0.25, -0.2) is 4.39 Å². The average molecular weight is 485 g/mol. The van der Waals surface area contributed by atoms with Gasteiger partial charge in [-0.2, -0.15) is 0 Å². The van der Waals surface area contributed by atoms with Gasteiger partial charge in [-0.05, 0) is 47.2 Å². The van der Waals surface area contributed by atoms with E-state index in [1.54, 1.807) is 42.5 Å². The lowest BCUT2D eigenvalue weighted by Gasteiger charge is -2.20. The Balaban J connectivity index is 1.64. The zero-order chi connectivity index (χ0) is 23.6. The van der Waals surface area contributed by atoms with Crippen molar-refractivity contribution in [2.75, 3.05) is 0 Å². The molecule has 0 N–H and O–H groups in total. The van der Waals surface area contributed by atoms with E-state index in [9.17, 15) is 9.18 Å². The number of para-hydroxylation sites is 1. The maximum Gasteiger partial charge on any atom is 0.311 e. The van der Waals surface area contributed by atoms with E-state index in [1.165, 1.54) is 6.07 Å². The van der Waals surface area contributed by atoms with Crippen LogP contribution in [0.2, 0.25) is 0 Å². The minimum Gasteiger partial charge on any atom is -0.454 e. The van der Waals surface area contributed by atoms with Gasteiger partial charge in [0.05, 0.1) is 5.92 Å². The minimum atomic E-state index is -0.732. The van der Waals surface area contributed by atoms with Gasteiger partial charge in [0, 0.05) is 5.56 Å². The zero-order valence-electron chi connectivity index (χ0n) is 18.2. The number of allylic oxidation sites excluding steroid dienone is 1. The number of esters is 1. The summed E-state index contributed by atoms with van der Waals surface area (Å²) in [6.07, 6.45) is 0.945. The number of hydrogen-bond acceptors (Lipinski definition) is 3. The highest BCUT2D eigenvalue weighted by Crippen LogP contribution is 2.60. The quantitative estimate of drug-likeness (QED) is 0.320. The number of carbonyl (C=O) groups excluding carboxylic acids is 1. The molecule has 3 aromatic rings. The molecule has 0 radical (unpaired) electrons. The molecule has 3 nitrogen and oxygen atoms in total. The molecule has 3 atom stereocenters. The van der Waals surface area contributed by atoms with Gasteiger partial charge in [-0.3, -0.25) is 4.79 Å². The van der Waals surface area contributed by atoms with Crippen LogP contribution in [-0.2, 0) is 9.53 Å². The first kappa shape index (κ1) is 23.3. The van der Waals surface area contributed by atoms with Crippen LogP contribution in [0.3, 0.4) is 0 Å². The van der Waals surface area contributed by atoms with Gasteiger partial charge in [-0.15, -0.1) is 0 Å². The van der Waals surface area contributed by atoms with Crippen molar-refractivity contribution in [2.24, 2.45) is 17.3 Å². The number of rotatable bonds is 7. The van der Waals surface area contributed by atoms with Crippen molar-refractivity contribution in [3.63, 3.8) is 0 Å². The third-order valence-corrected chi connectivity index (χ3v) is 6.29. The Bertz CT molecular complexity index is 1160. The minimum absolute atomic E-state index is 0.0529. The summed E-state index contributed by atoms with van der Waals surface area (Å²) >= 11 is 11.7. The Hall–Kier alpha value is -2.82. The molecule has 0 bridgehead atoms. The average Bonchev–Trinajstić information content (AvgIpc) is 3.33. The van der Waals surface area contributed by atoms with Gasteiger partial charge in [-0.1, -0.05) is 91.6 Å². The molecule has 1 aliphatic carbocycles. The predicted molar refractivity (Wildman–Crippen MR) is 128 cm³/mol. The fraction of sp³-hybridized carbons (Fsp3) is 0.222. The Kier molecular flexibility index (Phi) is 6.78. The number of ether oxygens (including phenoxy) is 2. The number of halogens is 3. The Morgan fingerprint density at radius 2 is 1.61 bits per heavy atom. The van der Waals surface area contributed by atoms with Crippen molar-refractivity contribution in [3.8, 4) is 11.5 Å². The van der Waals surface area contributed by atoms with Crippen LogP contribution in [0.1, 0.15) is 31.1 Å². The van der Waals surface area contributed by atoms with Gasteiger partial charge >= 0.3 is 5.97 Å². The predicted octanol–water partition coefficient (Wildman–Crippen LogP) is 7.84. The Morgan fingerprint density at radius 1 is 0.970 bits per heavy atom. The molecule has 0 amide bonds.